The topological polar surface area (TPSA) is 57.6 Å². The van der Waals surface area contributed by atoms with E-state index in [9.17, 15) is 18.4 Å². The van der Waals surface area contributed by atoms with Crippen molar-refractivity contribution in [2.45, 2.75) is 6.42 Å². The fourth-order valence-corrected chi connectivity index (χ4v) is 4.51. The van der Waals surface area contributed by atoms with Crippen LogP contribution in [0.2, 0.25) is 0 Å². The molecule has 2 heterocycles. The van der Waals surface area contributed by atoms with Gasteiger partial charge in [0.15, 0.2) is 11.6 Å². The fourth-order valence-electron chi connectivity index (χ4n) is 2.29. The van der Waals surface area contributed by atoms with E-state index in [1.165, 1.54) is 22.3 Å². The Morgan fingerprint density at radius 3 is 2.69 bits per heavy atom. The number of benzene rings is 1. The minimum atomic E-state index is -1.00. The molecular weight excluding hydrogens is 400 g/mol. The van der Waals surface area contributed by atoms with E-state index in [4.69, 9.17) is 17.3 Å². The van der Waals surface area contributed by atoms with Gasteiger partial charge in [0.25, 0.3) is 5.91 Å². The Bertz CT molecular complexity index is 939. The van der Waals surface area contributed by atoms with E-state index in [-0.39, 0.29) is 18.9 Å². The lowest BCUT2D eigenvalue weighted by molar-refractivity contribution is -0.137. The van der Waals surface area contributed by atoms with Crippen molar-refractivity contribution in [3.05, 3.63) is 51.1 Å². The second-order valence-corrected chi connectivity index (χ2v) is 7.96. The SMILES string of the molecule is O=C(O)CCN1C(=O)/C(=C/c2cc(-c3ccc(F)c(F)c3)cs2)SC1=S. The molecule has 4 nitrogen and oxygen atoms in total. The summed E-state index contributed by atoms with van der Waals surface area (Å²) >= 11 is 7.59. The van der Waals surface area contributed by atoms with Crippen molar-refractivity contribution < 1.29 is 23.5 Å². The summed E-state index contributed by atoms with van der Waals surface area (Å²) in [6.45, 7) is 0.0296. The summed E-state index contributed by atoms with van der Waals surface area (Å²) in [6.07, 6.45) is 1.48. The van der Waals surface area contributed by atoms with Crippen LogP contribution in [0.1, 0.15) is 11.3 Å². The number of halogens is 2. The van der Waals surface area contributed by atoms with E-state index in [1.807, 2.05) is 0 Å². The summed E-state index contributed by atoms with van der Waals surface area (Å²) in [7, 11) is 0. The highest BCUT2D eigenvalue weighted by atomic mass is 32.2. The number of aliphatic carboxylic acids is 1. The number of thiocarbonyl (C=S) groups is 1. The Hall–Kier alpha value is -2.10. The minimum absolute atomic E-state index is 0.0296. The number of thiophene rings is 1. The molecule has 0 saturated carbocycles. The first kappa shape index (κ1) is 18.7. The normalized spacial score (nSPS) is 15.9. The van der Waals surface area contributed by atoms with Gasteiger partial charge in [-0.25, -0.2) is 8.78 Å². The molecule has 0 spiro atoms. The van der Waals surface area contributed by atoms with Crippen molar-refractivity contribution >= 4 is 57.6 Å². The zero-order valence-corrected chi connectivity index (χ0v) is 15.5. The van der Waals surface area contributed by atoms with Gasteiger partial charge in [-0.15, -0.1) is 11.3 Å². The van der Waals surface area contributed by atoms with E-state index in [0.717, 1.165) is 28.8 Å². The molecule has 1 saturated heterocycles. The highest BCUT2D eigenvalue weighted by Crippen LogP contribution is 2.35. The van der Waals surface area contributed by atoms with Gasteiger partial charge in [-0.05, 0) is 40.8 Å². The molecular formula is C17H11F2NO3S3. The van der Waals surface area contributed by atoms with Gasteiger partial charge in [0.1, 0.15) is 4.32 Å². The number of rotatable bonds is 5. The van der Waals surface area contributed by atoms with E-state index in [2.05, 4.69) is 0 Å². The Morgan fingerprint density at radius 1 is 1.23 bits per heavy atom. The Labute approximate surface area is 161 Å². The molecule has 1 aromatic carbocycles. The van der Waals surface area contributed by atoms with Crippen LogP contribution in [0, 0.1) is 11.6 Å². The highest BCUT2D eigenvalue weighted by molar-refractivity contribution is 8.26. The number of carboxylic acids is 1. The summed E-state index contributed by atoms with van der Waals surface area (Å²) in [4.78, 5) is 25.5. The average Bonchev–Trinajstić information content (AvgIpc) is 3.14. The zero-order chi connectivity index (χ0) is 18.8. The molecule has 0 atom stereocenters. The summed E-state index contributed by atoms with van der Waals surface area (Å²) in [5.74, 6) is -3.16. The monoisotopic (exact) mass is 411 g/mol. The van der Waals surface area contributed by atoms with Gasteiger partial charge in [0, 0.05) is 11.4 Å². The predicted octanol–water partition coefficient (Wildman–Crippen LogP) is 4.37. The van der Waals surface area contributed by atoms with Crippen LogP contribution in [-0.2, 0) is 9.59 Å². The van der Waals surface area contributed by atoms with Crippen LogP contribution in [0.5, 0.6) is 0 Å². The predicted molar refractivity (Wildman–Crippen MR) is 102 cm³/mol. The molecule has 1 aromatic heterocycles. The van der Waals surface area contributed by atoms with Gasteiger partial charge in [-0.3, -0.25) is 14.5 Å². The molecule has 1 aliphatic heterocycles. The number of hydrogen-bond donors (Lipinski definition) is 1. The number of hydrogen-bond acceptors (Lipinski definition) is 5. The zero-order valence-electron chi connectivity index (χ0n) is 13.1. The van der Waals surface area contributed by atoms with Crippen LogP contribution in [0.4, 0.5) is 8.78 Å². The van der Waals surface area contributed by atoms with Gasteiger partial charge in [-0.2, -0.15) is 0 Å². The highest BCUT2D eigenvalue weighted by Gasteiger charge is 2.32. The lowest BCUT2D eigenvalue weighted by Crippen LogP contribution is -2.30. The Morgan fingerprint density at radius 2 is 2.00 bits per heavy atom. The number of amides is 1. The number of nitrogens with zero attached hydrogens (tertiary/aromatic N) is 1. The van der Waals surface area contributed by atoms with Crippen molar-refractivity contribution in [1.82, 2.24) is 4.90 Å². The van der Waals surface area contributed by atoms with Crippen molar-refractivity contribution in [3.8, 4) is 11.1 Å². The number of thioether (sulfide) groups is 1. The molecule has 1 aliphatic rings. The fraction of sp³-hybridized carbons (Fsp3) is 0.118. The third-order valence-corrected chi connectivity index (χ3v) is 5.83. The molecule has 9 heteroatoms. The number of carboxylic acid groups (broad SMARTS) is 1. The van der Waals surface area contributed by atoms with Crippen LogP contribution in [0.15, 0.2) is 34.6 Å². The first-order valence-electron chi connectivity index (χ1n) is 7.36. The maximum Gasteiger partial charge on any atom is 0.305 e. The standard InChI is InChI=1S/C17H11F2NO3S3/c18-12-2-1-9(6-13(12)19)10-5-11(25-8-10)7-14-16(23)20(17(24)26-14)4-3-15(21)22/h1-2,5-8H,3-4H2,(H,21,22)/b14-7-. The second kappa shape index (κ2) is 7.65. The lowest BCUT2D eigenvalue weighted by atomic mass is 10.1. The molecule has 3 rings (SSSR count). The Kier molecular flexibility index (Phi) is 5.49. The van der Waals surface area contributed by atoms with Crippen molar-refractivity contribution in [1.29, 1.82) is 0 Å². The van der Waals surface area contributed by atoms with Crippen LogP contribution >= 0.6 is 35.3 Å². The Balaban J connectivity index is 1.79. The maximum atomic E-state index is 13.4. The first-order valence-corrected chi connectivity index (χ1v) is 9.46. The average molecular weight is 411 g/mol. The smallest absolute Gasteiger partial charge is 0.305 e. The summed E-state index contributed by atoms with van der Waals surface area (Å²) in [5.41, 5.74) is 1.25. The summed E-state index contributed by atoms with van der Waals surface area (Å²) < 4.78 is 26.7. The molecule has 1 N–H and O–H groups in total. The third-order valence-electron chi connectivity index (χ3n) is 3.57. The minimum Gasteiger partial charge on any atom is -0.481 e. The molecule has 1 fully saturated rings. The van der Waals surface area contributed by atoms with Crippen LogP contribution in [0.3, 0.4) is 0 Å². The van der Waals surface area contributed by atoms with Crippen LogP contribution in [0.25, 0.3) is 17.2 Å². The molecule has 0 radical (unpaired) electrons. The second-order valence-electron chi connectivity index (χ2n) is 5.34. The van der Waals surface area contributed by atoms with Crippen LogP contribution < -0.4 is 0 Å². The molecule has 1 amide bonds. The third kappa shape index (κ3) is 4.00. The lowest BCUT2D eigenvalue weighted by Gasteiger charge is -2.12. The van der Waals surface area contributed by atoms with Gasteiger partial charge < -0.3 is 5.11 Å². The number of carbonyl (C=O) groups excluding carboxylic acids is 1. The summed E-state index contributed by atoms with van der Waals surface area (Å²) in [6, 6.07) is 5.43. The maximum absolute atomic E-state index is 13.4. The number of carbonyl (C=O) groups is 2. The van der Waals surface area contributed by atoms with E-state index in [1.54, 1.807) is 17.5 Å². The van der Waals surface area contributed by atoms with E-state index >= 15 is 0 Å². The summed E-state index contributed by atoms with van der Waals surface area (Å²) in [5, 5.41) is 10.5. The molecule has 0 bridgehead atoms. The van der Waals surface area contributed by atoms with E-state index < -0.39 is 17.6 Å². The van der Waals surface area contributed by atoms with Gasteiger partial charge >= 0.3 is 5.97 Å². The molecule has 0 unspecified atom stereocenters. The van der Waals surface area contributed by atoms with Gasteiger partial charge in [0.05, 0.1) is 11.3 Å². The molecule has 134 valence electrons. The van der Waals surface area contributed by atoms with Crippen molar-refractivity contribution in [2.75, 3.05) is 6.54 Å². The van der Waals surface area contributed by atoms with Crippen LogP contribution in [-0.4, -0.2) is 32.7 Å². The van der Waals surface area contributed by atoms with Gasteiger partial charge in [-0.1, -0.05) is 30.0 Å². The van der Waals surface area contributed by atoms with Crippen molar-refractivity contribution in [3.63, 3.8) is 0 Å². The van der Waals surface area contributed by atoms with Crippen molar-refractivity contribution in [2.24, 2.45) is 0 Å². The van der Waals surface area contributed by atoms with Gasteiger partial charge in [0.2, 0.25) is 0 Å². The molecule has 26 heavy (non-hydrogen) atoms. The molecule has 2 aromatic rings. The van der Waals surface area contributed by atoms with E-state index in [0.29, 0.717) is 20.4 Å². The first-order chi connectivity index (χ1) is 12.3. The largest absolute Gasteiger partial charge is 0.481 e. The quantitative estimate of drug-likeness (QED) is 0.585. The molecule has 0 aliphatic carbocycles.